The summed E-state index contributed by atoms with van der Waals surface area (Å²) in [4.78, 5) is 0. The van der Waals surface area contributed by atoms with Crippen LogP contribution in [0.15, 0.2) is 133 Å². The third-order valence-corrected chi connectivity index (χ3v) is 11.6. The van der Waals surface area contributed by atoms with E-state index in [2.05, 4.69) is 232 Å². The fourth-order valence-corrected chi connectivity index (χ4v) is 8.94. The van der Waals surface area contributed by atoms with Gasteiger partial charge < -0.3 is 0 Å². The van der Waals surface area contributed by atoms with Gasteiger partial charge in [-0.1, -0.05) is 136 Å². The zero-order valence-corrected chi connectivity index (χ0v) is 33.9. The van der Waals surface area contributed by atoms with Crippen molar-refractivity contribution < 1.29 is 0 Å². The molecule has 0 aliphatic heterocycles. The van der Waals surface area contributed by atoms with Gasteiger partial charge >= 0.3 is 0 Å². The number of benzene rings is 9. The van der Waals surface area contributed by atoms with Crippen molar-refractivity contribution in [2.24, 2.45) is 0 Å². The fourth-order valence-electron chi connectivity index (χ4n) is 8.94. The Labute approximate surface area is 351 Å². The monoisotopic (exact) mass is 756 g/mol. The van der Waals surface area contributed by atoms with Crippen molar-refractivity contribution in [3.63, 3.8) is 0 Å². The smallest absolute Gasteiger partial charge is 0.0334 e. The van der Waals surface area contributed by atoms with Crippen LogP contribution in [0.25, 0.3) is 64.6 Å². The highest BCUT2D eigenvalue weighted by Crippen LogP contribution is 2.38. The lowest BCUT2D eigenvalue weighted by Gasteiger charge is -2.16. The minimum atomic E-state index is 0.283. The average molecular weight is 757 g/mol. The van der Waals surface area contributed by atoms with Gasteiger partial charge in [-0.2, -0.15) is 0 Å². The highest BCUT2D eigenvalue weighted by molar-refractivity contribution is 6.08. The van der Waals surface area contributed by atoms with Crippen LogP contribution in [0.1, 0.15) is 84.0 Å². The van der Waals surface area contributed by atoms with Gasteiger partial charge in [0.05, 0.1) is 0 Å². The molecule has 0 amide bonds. The molecule has 0 nitrogen and oxygen atoms in total. The molecule has 9 aromatic rings. The van der Waals surface area contributed by atoms with Crippen LogP contribution in [0, 0.1) is 71.0 Å². The van der Waals surface area contributed by atoms with Crippen LogP contribution in [0.5, 0.6) is 0 Å². The Hall–Kier alpha value is -8.10. The minimum Gasteiger partial charge on any atom is -0.0604 e. The molecule has 0 spiro atoms. The summed E-state index contributed by atoms with van der Waals surface area (Å²) in [5.41, 5.74) is 8.18. The maximum absolute atomic E-state index is 3.44. The van der Waals surface area contributed by atoms with Gasteiger partial charge in [-0.3, -0.25) is 0 Å². The third kappa shape index (κ3) is 6.37. The zero-order chi connectivity index (χ0) is 40.7. The first-order chi connectivity index (χ1) is 29.4. The molecule has 276 valence electrons. The Balaban J connectivity index is 1.25. The molecule has 0 saturated carbocycles. The summed E-state index contributed by atoms with van der Waals surface area (Å²) in [7, 11) is 0. The van der Waals surface area contributed by atoms with Crippen LogP contribution in [0.2, 0.25) is 0 Å². The molecule has 0 aromatic heterocycles. The summed E-state index contributed by atoms with van der Waals surface area (Å²) in [6.07, 6.45) is 0. The Morgan fingerprint density at radius 1 is 0.267 bits per heavy atom. The molecule has 6 bridgehead atoms. The van der Waals surface area contributed by atoms with E-state index in [0.29, 0.717) is 0 Å². The highest BCUT2D eigenvalue weighted by Gasteiger charge is 2.16. The molecule has 9 aromatic carbocycles. The highest BCUT2D eigenvalue weighted by atomic mass is 14.2. The summed E-state index contributed by atoms with van der Waals surface area (Å²) in [6, 6.07) is 47.0. The van der Waals surface area contributed by atoms with Crippen LogP contribution in [-0.4, -0.2) is 0 Å². The van der Waals surface area contributed by atoms with Crippen molar-refractivity contribution in [2.45, 2.75) is 39.5 Å². The van der Waals surface area contributed by atoms with Gasteiger partial charge in [0.25, 0.3) is 0 Å². The minimum absolute atomic E-state index is 0.283. The summed E-state index contributed by atoms with van der Waals surface area (Å²) in [5.74, 6) is 40.3. The molecule has 0 heterocycles. The third-order valence-electron chi connectivity index (χ3n) is 11.6. The zero-order valence-electron chi connectivity index (χ0n) is 33.9. The Kier molecular flexibility index (Phi) is 9.07. The summed E-state index contributed by atoms with van der Waals surface area (Å²) < 4.78 is 0. The molecule has 10 rings (SSSR count). The molecule has 60 heavy (non-hydrogen) atoms. The van der Waals surface area contributed by atoms with E-state index in [4.69, 9.17) is 0 Å². The van der Waals surface area contributed by atoms with Crippen molar-refractivity contribution in [3.05, 3.63) is 178 Å². The van der Waals surface area contributed by atoms with E-state index < -0.39 is 0 Å². The fraction of sp³-hybridized carbons (Fsp3) is 0.100. The van der Waals surface area contributed by atoms with Gasteiger partial charge in [0.1, 0.15) is 0 Å². The lowest BCUT2D eigenvalue weighted by atomic mass is 9.87. The molecule has 0 N–H and O–H groups in total. The van der Waals surface area contributed by atoms with Gasteiger partial charge in [0, 0.05) is 33.4 Å². The predicted molar refractivity (Wildman–Crippen MR) is 254 cm³/mol. The first kappa shape index (κ1) is 36.3. The normalized spacial score (nSPS) is 11.6. The van der Waals surface area contributed by atoms with Crippen molar-refractivity contribution in [1.82, 2.24) is 0 Å². The number of rotatable bonds is 2. The van der Waals surface area contributed by atoms with E-state index in [9.17, 15) is 0 Å². The molecular formula is C60H36. The first-order valence-electron chi connectivity index (χ1n) is 20.4. The van der Waals surface area contributed by atoms with E-state index >= 15 is 0 Å². The van der Waals surface area contributed by atoms with Crippen molar-refractivity contribution >= 4 is 64.6 Å². The van der Waals surface area contributed by atoms with Crippen LogP contribution in [-0.2, 0) is 0 Å². The predicted octanol–water partition coefficient (Wildman–Crippen LogP) is 13.4. The van der Waals surface area contributed by atoms with E-state index in [1.807, 2.05) is 0 Å². The molecule has 0 unspecified atom stereocenters. The number of hydrogen-bond donors (Lipinski definition) is 0. The van der Waals surface area contributed by atoms with E-state index in [0.717, 1.165) is 76.5 Å². The molecule has 1 aliphatic carbocycles. The van der Waals surface area contributed by atoms with Gasteiger partial charge in [-0.25, -0.2) is 0 Å². The van der Waals surface area contributed by atoms with Crippen molar-refractivity contribution in [1.29, 1.82) is 0 Å². The quantitative estimate of drug-likeness (QED) is 0.122. The molecule has 0 saturated heterocycles. The second-order valence-corrected chi connectivity index (χ2v) is 15.9. The maximum atomic E-state index is 3.44. The Bertz CT molecular complexity index is 3490. The van der Waals surface area contributed by atoms with Crippen LogP contribution in [0.4, 0.5) is 0 Å². The average Bonchev–Trinajstić information content (AvgIpc) is 3.25. The van der Waals surface area contributed by atoms with Gasteiger partial charge in [0.2, 0.25) is 0 Å². The number of hydrogen-bond acceptors (Lipinski definition) is 0. The Morgan fingerprint density at radius 3 is 0.800 bits per heavy atom. The molecular weight excluding hydrogens is 721 g/mol. The van der Waals surface area contributed by atoms with E-state index in [1.165, 1.54) is 32.7 Å². The summed E-state index contributed by atoms with van der Waals surface area (Å²) in [6.45, 7) is 9.01. The second kappa shape index (κ2) is 15.0. The molecule has 0 heteroatoms. The molecule has 0 atom stereocenters. The van der Waals surface area contributed by atoms with E-state index in [-0.39, 0.29) is 11.8 Å². The van der Waals surface area contributed by atoms with Crippen LogP contribution >= 0.6 is 0 Å². The first-order valence-corrected chi connectivity index (χ1v) is 20.4. The second-order valence-electron chi connectivity index (χ2n) is 15.9. The molecule has 0 fully saturated rings. The van der Waals surface area contributed by atoms with Gasteiger partial charge in [-0.15, -0.1) is 0 Å². The lowest BCUT2D eigenvalue weighted by molar-refractivity contribution is 0.885. The maximum Gasteiger partial charge on any atom is 0.0334 e. The molecule has 0 radical (unpaired) electrons. The topological polar surface area (TPSA) is 0 Å². The largest absolute Gasteiger partial charge is 0.0604 e. The van der Waals surface area contributed by atoms with Gasteiger partial charge in [-0.05, 0) is 184 Å². The van der Waals surface area contributed by atoms with E-state index in [1.54, 1.807) is 0 Å². The van der Waals surface area contributed by atoms with Crippen molar-refractivity contribution in [3.8, 4) is 71.0 Å². The van der Waals surface area contributed by atoms with Crippen molar-refractivity contribution in [2.75, 3.05) is 0 Å². The van der Waals surface area contributed by atoms with Crippen LogP contribution in [0.3, 0.4) is 0 Å². The van der Waals surface area contributed by atoms with Gasteiger partial charge in [0.15, 0.2) is 0 Å². The lowest BCUT2D eigenvalue weighted by Crippen LogP contribution is -1.95. The van der Waals surface area contributed by atoms with Crippen LogP contribution < -0.4 is 0 Å². The molecule has 1 aliphatic rings. The summed E-state index contributed by atoms with van der Waals surface area (Å²) in [5, 5.41) is 13.5. The summed E-state index contributed by atoms with van der Waals surface area (Å²) >= 11 is 0. The SMILES string of the molecule is CC(C)c1c2cccc3c2cc2c(cccc12)C#CC#Cc1cccc2c(C(C)C)c4cccc(c4cc12)C#CC#Cc1cccc2cc4cccc(c4cc12)C#CC#C3. The standard InChI is InChI=1S/C60H36/c1-39(2)59-49-31-13-25-43-19-7-5-17-41-23-11-29-47-35-48-30-12-24-42(54(48)36-53(41)47)18-6-8-20-44-26-14-32-50-56(44)38-58-46(28-16-34-52(58)60(50)40(3)4)22-10-9-21-45-27-15-33-51(59)57(45)37-55(43)49/h11-16,23-40H,1-4H3. The Morgan fingerprint density at radius 2 is 0.517 bits per heavy atom.